The van der Waals surface area contributed by atoms with Crippen molar-refractivity contribution in [3.05, 3.63) is 12.2 Å². The largest absolute Gasteiger partial charge is 0.462 e. The number of ether oxygens (including phenoxy) is 3. The van der Waals surface area contributed by atoms with E-state index in [1.807, 2.05) is 0 Å². The molecule has 0 aliphatic rings. The Morgan fingerprint density at radius 1 is 0.317 bits per heavy atom. The van der Waals surface area contributed by atoms with E-state index in [4.69, 9.17) is 14.2 Å². The van der Waals surface area contributed by atoms with Gasteiger partial charge in [-0.1, -0.05) is 251 Å². The maximum Gasteiger partial charge on any atom is 0.306 e. The van der Waals surface area contributed by atoms with Crippen LogP contribution in [0.4, 0.5) is 0 Å². The Kier molecular flexibility index (Phi) is 48.3. The van der Waals surface area contributed by atoms with Gasteiger partial charge in [-0.25, -0.2) is 0 Å². The zero-order valence-corrected chi connectivity index (χ0v) is 40.5. The van der Waals surface area contributed by atoms with Crippen molar-refractivity contribution < 1.29 is 28.6 Å². The summed E-state index contributed by atoms with van der Waals surface area (Å²) in [5.74, 6) is -0.858. The lowest BCUT2D eigenvalue weighted by Gasteiger charge is -2.18. The molecule has 6 nitrogen and oxygen atoms in total. The Bertz CT molecular complexity index is 931. The Morgan fingerprint density at radius 2 is 0.567 bits per heavy atom. The van der Waals surface area contributed by atoms with Crippen LogP contribution in [0.15, 0.2) is 12.2 Å². The van der Waals surface area contributed by atoms with Crippen LogP contribution in [0.5, 0.6) is 0 Å². The van der Waals surface area contributed by atoms with Crippen LogP contribution in [0.2, 0.25) is 0 Å². The van der Waals surface area contributed by atoms with Crippen molar-refractivity contribution in [1.29, 1.82) is 0 Å². The van der Waals surface area contributed by atoms with Crippen LogP contribution in [-0.2, 0) is 28.6 Å². The smallest absolute Gasteiger partial charge is 0.306 e. The lowest BCUT2D eigenvalue weighted by atomic mass is 10.0. The third kappa shape index (κ3) is 47.2. The minimum Gasteiger partial charge on any atom is -0.462 e. The minimum absolute atomic E-state index is 0.0670. The Balaban J connectivity index is 4.30. The van der Waals surface area contributed by atoms with E-state index in [0.717, 1.165) is 64.2 Å². The van der Waals surface area contributed by atoms with Crippen LogP contribution >= 0.6 is 0 Å². The number of esters is 3. The van der Waals surface area contributed by atoms with Gasteiger partial charge in [0.05, 0.1) is 0 Å². The first kappa shape index (κ1) is 58.1. The molecular formula is C54H102O6. The molecule has 0 heterocycles. The van der Waals surface area contributed by atoms with E-state index in [1.54, 1.807) is 0 Å². The molecule has 0 amide bonds. The molecule has 0 aliphatic carbocycles. The highest BCUT2D eigenvalue weighted by molar-refractivity contribution is 5.71. The maximum absolute atomic E-state index is 12.8. The van der Waals surface area contributed by atoms with Crippen LogP contribution in [0.1, 0.15) is 297 Å². The minimum atomic E-state index is -0.766. The summed E-state index contributed by atoms with van der Waals surface area (Å²) in [5.41, 5.74) is 0. The van der Waals surface area contributed by atoms with Gasteiger partial charge in [-0.3, -0.25) is 14.4 Å². The van der Waals surface area contributed by atoms with Crippen LogP contribution in [0.3, 0.4) is 0 Å². The van der Waals surface area contributed by atoms with E-state index in [1.165, 1.54) is 193 Å². The zero-order chi connectivity index (χ0) is 43.7. The predicted octanol–water partition coefficient (Wildman–Crippen LogP) is 17.4. The second-order valence-corrected chi connectivity index (χ2v) is 18.2. The second kappa shape index (κ2) is 49.8. The molecular weight excluding hydrogens is 745 g/mol. The fourth-order valence-electron chi connectivity index (χ4n) is 7.95. The van der Waals surface area contributed by atoms with Crippen LogP contribution < -0.4 is 0 Å². The summed E-state index contributed by atoms with van der Waals surface area (Å²) in [5, 5.41) is 0. The van der Waals surface area contributed by atoms with Crippen molar-refractivity contribution >= 4 is 17.9 Å². The molecule has 1 atom stereocenters. The van der Waals surface area contributed by atoms with Gasteiger partial charge in [0.15, 0.2) is 6.10 Å². The number of carbonyl (C=O) groups is 3. The first-order valence-electron chi connectivity index (χ1n) is 26.7. The lowest BCUT2D eigenvalue weighted by Crippen LogP contribution is -2.30. The summed E-state index contributed by atoms with van der Waals surface area (Å²) < 4.78 is 16.8. The third-order valence-corrected chi connectivity index (χ3v) is 12.0. The lowest BCUT2D eigenvalue weighted by molar-refractivity contribution is -0.167. The van der Waals surface area contributed by atoms with E-state index >= 15 is 0 Å². The van der Waals surface area contributed by atoms with Crippen molar-refractivity contribution in [3.8, 4) is 0 Å². The van der Waals surface area contributed by atoms with E-state index < -0.39 is 6.10 Å². The number of hydrogen-bond acceptors (Lipinski definition) is 6. The van der Waals surface area contributed by atoms with Crippen molar-refractivity contribution in [2.45, 2.75) is 303 Å². The van der Waals surface area contributed by atoms with E-state index in [0.29, 0.717) is 19.3 Å². The van der Waals surface area contributed by atoms with Gasteiger partial charge in [0.25, 0.3) is 0 Å². The first-order chi connectivity index (χ1) is 29.5. The van der Waals surface area contributed by atoms with Crippen LogP contribution in [0, 0.1) is 0 Å². The van der Waals surface area contributed by atoms with Gasteiger partial charge < -0.3 is 14.2 Å². The molecule has 0 saturated carbocycles. The van der Waals surface area contributed by atoms with Gasteiger partial charge in [-0.05, 0) is 38.5 Å². The summed E-state index contributed by atoms with van der Waals surface area (Å²) in [6.07, 6.45) is 54.8. The molecule has 0 bridgehead atoms. The zero-order valence-electron chi connectivity index (χ0n) is 40.5. The van der Waals surface area contributed by atoms with Gasteiger partial charge in [0, 0.05) is 19.3 Å². The number of carbonyl (C=O) groups excluding carboxylic acids is 3. The standard InChI is InChI=1S/C54H102O6/c1-4-7-10-13-16-19-22-24-26-28-29-32-35-38-41-44-47-53(56)59-50-51(49-58-52(55)46-43-40-37-34-31-21-18-15-12-9-6-3)60-54(57)48-45-42-39-36-33-30-27-25-23-20-17-14-11-8-5-2/h15,18,51H,4-14,16-17,19-50H2,1-3H3/b18-15-. The Hall–Kier alpha value is -1.85. The SMILES string of the molecule is CCCC/C=C\CCCCCCCC(=O)OCC(COC(=O)CCCCCCCCCCCCCCCCCC)OC(=O)CCCCCCCCCCCCCCCCC. The van der Waals surface area contributed by atoms with Crippen molar-refractivity contribution in [3.63, 3.8) is 0 Å². The highest BCUT2D eigenvalue weighted by Crippen LogP contribution is 2.17. The topological polar surface area (TPSA) is 78.9 Å². The first-order valence-corrected chi connectivity index (χ1v) is 26.7. The van der Waals surface area contributed by atoms with Gasteiger partial charge in [-0.2, -0.15) is 0 Å². The fourth-order valence-corrected chi connectivity index (χ4v) is 7.95. The maximum atomic E-state index is 12.8. The van der Waals surface area contributed by atoms with Gasteiger partial charge in [0.1, 0.15) is 13.2 Å². The van der Waals surface area contributed by atoms with E-state index in [-0.39, 0.29) is 31.1 Å². The molecule has 0 radical (unpaired) electrons. The number of unbranched alkanes of at least 4 members (excludes halogenated alkanes) is 36. The third-order valence-electron chi connectivity index (χ3n) is 12.0. The van der Waals surface area contributed by atoms with E-state index in [9.17, 15) is 14.4 Å². The quantitative estimate of drug-likeness (QED) is 0.0263. The molecule has 0 aliphatic heterocycles. The van der Waals surface area contributed by atoms with E-state index in [2.05, 4.69) is 32.9 Å². The highest BCUT2D eigenvalue weighted by Gasteiger charge is 2.19. The average Bonchev–Trinajstić information content (AvgIpc) is 3.24. The average molecular weight is 847 g/mol. The molecule has 60 heavy (non-hydrogen) atoms. The molecule has 1 unspecified atom stereocenters. The summed E-state index contributed by atoms with van der Waals surface area (Å²) >= 11 is 0. The Labute approximate surface area is 373 Å². The molecule has 0 N–H and O–H groups in total. The number of hydrogen-bond donors (Lipinski definition) is 0. The van der Waals surface area contributed by atoms with Gasteiger partial charge in [0.2, 0.25) is 0 Å². The molecule has 0 fully saturated rings. The molecule has 354 valence electrons. The molecule has 0 aromatic rings. The summed E-state index contributed by atoms with van der Waals surface area (Å²) in [4.78, 5) is 38.0. The molecule has 0 saturated heterocycles. The summed E-state index contributed by atoms with van der Waals surface area (Å²) in [6, 6.07) is 0. The molecule has 0 aromatic heterocycles. The molecule has 0 spiro atoms. The van der Waals surface area contributed by atoms with Gasteiger partial charge >= 0.3 is 17.9 Å². The second-order valence-electron chi connectivity index (χ2n) is 18.2. The van der Waals surface area contributed by atoms with Crippen LogP contribution in [-0.4, -0.2) is 37.2 Å². The van der Waals surface area contributed by atoms with Crippen LogP contribution in [0.25, 0.3) is 0 Å². The number of rotatable bonds is 49. The fraction of sp³-hybridized carbons (Fsp3) is 0.907. The predicted molar refractivity (Wildman–Crippen MR) is 256 cm³/mol. The number of allylic oxidation sites excluding steroid dienone is 2. The molecule has 6 heteroatoms. The van der Waals surface area contributed by atoms with Crippen molar-refractivity contribution in [1.82, 2.24) is 0 Å². The highest BCUT2D eigenvalue weighted by atomic mass is 16.6. The molecule has 0 aromatic carbocycles. The van der Waals surface area contributed by atoms with Gasteiger partial charge in [-0.15, -0.1) is 0 Å². The van der Waals surface area contributed by atoms with Crippen molar-refractivity contribution in [2.24, 2.45) is 0 Å². The Morgan fingerprint density at radius 3 is 0.883 bits per heavy atom. The summed E-state index contributed by atoms with van der Waals surface area (Å²) in [7, 11) is 0. The normalized spacial score (nSPS) is 12.0. The summed E-state index contributed by atoms with van der Waals surface area (Å²) in [6.45, 7) is 6.64. The molecule has 0 rings (SSSR count). The van der Waals surface area contributed by atoms with Crippen molar-refractivity contribution in [2.75, 3.05) is 13.2 Å². The monoisotopic (exact) mass is 847 g/mol.